The Kier molecular flexibility index (Phi) is 5.33. The Bertz CT molecular complexity index is 865. The summed E-state index contributed by atoms with van der Waals surface area (Å²) < 4.78 is 0. The molecule has 5 nitrogen and oxygen atoms in total. The molecule has 1 atom stereocenters. The SMILES string of the molecule is NC(=O)CCC1CN(c2ccccc2)CCN1c1ccc2c(c1)CC(=O)CC2. The largest absolute Gasteiger partial charge is 0.370 e. The number of para-hydroxylation sites is 1. The predicted molar refractivity (Wildman–Crippen MR) is 112 cm³/mol. The smallest absolute Gasteiger partial charge is 0.217 e. The molecule has 0 radical (unpaired) electrons. The van der Waals surface area contributed by atoms with E-state index < -0.39 is 0 Å². The summed E-state index contributed by atoms with van der Waals surface area (Å²) in [6.07, 6.45) is 3.16. The Morgan fingerprint density at radius 2 is 1.82 bits per heavy atom. The number of carbonyl (C=O) groups excluding carboxylic acids is 2. The standard InChI is InChI=1S/C23H27N3O2/c24-23(28)11-9-21-16-25(19-4-2-1-3-5-19)12-13-26(21)20-8-6-17-7-10-22(27)15-18(17)14-20/h1-6,8,14,21H,7,9-13,15-16H2,(H2,24,28). The van der Waals surface area contributed by atoms with Gasteiger partial charge < -0.3 is 15.5 Å². The van der Waals surface area contributed by atoms with Crippen molar-refractivity contribution < 1.29 is 9.59 Å². The summed E-state index contributed by atoms with van der Waals surface area (Å²) in [5, 5.41) is 0. The fourth-order valence-electron chi connectivity index (χ4n) is 4.40. The van der Waals surface area contributed by atoms with Crippen LogP contribution < -0.4 is 15.5 Å². The first-order valence-electron chi connectivity index (χ1n) is 10.1. The Morgan fingerprint density at radius 3 is 2.61 bits per heavy atom. The molecular weight excluding hydrogens is 350 g/mol. The normalized spacial score (nSPS) is 19.4. The van der Waals surface area contributed by atoms with Crippen molar-refractivity contribution in [1.82, 2.24) is 0 Å². The summed E-state index contributed by atoms with van der Waals surface area (Å²) in [4.78, 5) is 28.1. The van der Waals surface area contributed by atoms with Crippen LogP contribution in [0.25, 0.3) is 0 Å². The quantitative estimate of drug-likeness (QED) is 0.870. The van der Waals surface area contributed by atoms with Crippen molar-refractivity contribution in [3.8, 4) is 0 Å². The number of aryl methyl sites for hydroxylation is 1. The van der Waals surface area contributed by atoms with Gasteiger partial charge in [0, 0.05) is 56.3 Å². The van der Waals surface area contributed by atoms with Crippen LogP contribution in [0.15, 0.2) is 48.5 Å². The van der Waals surface area contributed by atoms with Crippen LogP contribution in [0.4, 0.5) is 11.4 Å². The highest BCUT2D eigenvalue weighted by Gasteiger charge is 2.28. The van der Waals surface area contributed by atoms with Gasteiger partial charge in [-0.05, 0) is 48.2 Å². The summed E-state index contributed by atoms with van der Waals surface area (Å²) in [5.41, 5.74) is 10.2. The molecule has 1 aliphatic carbocycles. The van der Waals surface area contributed by atoms with E-state index in [9.17, 15) is 9.59 Å². The minimum absolute atomic E-state index is 0.207. The number of benzene rings is 2. The fourth-order valence-corrected chi connectivity index (χ4v) is 4.40. The van der Waals surface area contributed by atoms with E-state index in [-0.39, 0.29) is 11.9 Å². The van der Waals surface area contributed by atoms with Crippen LogP contribution in [0.2, 0.25) is 0 Å². The van der Waals surface area contributed by atoms with Crippen LogP contribution in [-0.2, 0) is 22.4 Å². The van der Waals surface area contributed by atoms with Gasteiger partial charge in [-0.25, -0.2) is 0 Å². The van der Waals surface area contributed by atoms with Gasteiger partial charge in [0.05, 0.1) is 0 Å². The highest BCUT2D eigenvalue weighted by atomic mass is 16.1. The lowest BCUT2D eigenvalue weighted by atomic mass is 9.90. The van der Waals surface area contributed by atoms with E-state index >= 15 is 0 Å². The number of piperazine rings is 1. The van der Waals surface area contributed by atoms with Gasteiger partial charge in [-0.2, -0.15) is 0 Å². The number of Topliss-reactive ketones (excluding diaryl/α,β-unsaturated/α-hetero) is 1. The minimum Gasteiger partial charge on any atom is -0.370 e. The maximum atomic E-state index is 11.9. The Balaban J connectivity index is 1.57. The molecule has 1 saturated heterocycles. The average molecular weight is 377 g/mol. The topological polar surface area (TPSA) is 66.6 Å². The summed E-state index contributed by atoms with van der Waals surface area (Å²) in [5.74, 6) is 0.0663. The highest BCUT2D eigenvalue weighted by Crippen LogP contribution is 2.30. The Hall–Kier alpha value is -2.82. The van der Waals surface area contributed by atoms with Crippen molar-refractivity contribution in [2.75, 3.05) is 29.4 Å². The predicted octanol–water partition coefficient (Wildman–Crippen LogP) is 2.71. The second-order valence-corrected chi connectivity index (χ2v) is 7.80. The third-order valence-corrected chi connectivity index (χ3v) is 5.91. The zero-order chi connectivity index (χ0) is 19.5. The van der Waals surface area contributed by atoms with E-state index in [1.165, 1.54) is 11.3 Å². The number of hydrogen-bond acceptors (Lipinski definition) is 4. The van der Waals surface area contributed by atoms with Crippen LogP contribution in [0.5, 0.6) is 0 Å². The first kappa shape index (κ1) is 18.5. The fraction of sp³-hybridized carbons (Fsp3) is 0.391. The third-order valence-electron chi connectivity index (χ3n) is 5.91. The molecule has 2 aromatic carbocycles. The van der Waals surface area contributed by atoms with Crippen molar-refractivity contribution in [3.05, 3.63) is 59.7 Å². The maximum absolute atomic E-state index is 11.9. The molecule has 0 spiro atoms. The number of anilines is 2. The maximum Gasteiger partial charge on any atom is 0.217 e. The molecule has 1 fully saturated rings. The van der Waals surface area contributed by atoms with Gasteiger partial charge in [0.2, 0.25) is 5.91 Å². The number of nitrogens with zero attached hydrogens (tertiary/aromatic N) is 2. The lowest BCUT2D eigenvalue weighted by molar-refractivity contribution is -0.119. The molecule has 1 heterocycles. The lowest BCUT2D eigenvalue weighted by Crippen LogP contribution is -2.53. The molecule has 146 valence electrons. The van der Waals surface area contributed by atoms with E-state index in [0.29, 0.717) is 25.0 Å². The Labute approximate surface area is 166 Å². The molecule has 2 aromatic rings. The molecular formula is C23H27N3O2. The molecule has 4 rings (SSSR count). The van der Waals surface area contributed by atoms with Crippen molar-refractivity contribution in [1.29, 1.82) is 0 Å². The highest BCUT2D eigenvalue weighted by molar-refractivity contribution is 5.83. The second-order valence-electron chi connectivity index (χ2n) is 7.80. The van der Waals surface area contributed by atoms with Crippen molar-refractivity contribution >= 4 is 23.1 Å². The van der Waals surface area contributed by atoms with Crippen LogP contribution in [0.1, 0.15) is 30.4 Å². The first-order valence-corrected chi connectivity index (χ1v) is 10.1. The summed E-state index contributed by atoms with van der Waals surface area (Å²) >= 11 is 0. The van der Waals surface area contributed by atoms with Crippen LogP contribution >= 0.6 is 0 Å². The zero-order valence-corrected chi connectivity index (χ0v) is 16.1. The van der Waals surface area contributed by atoms with Gasteiger partial charge in [-0.3, -0.25) is 9.59 Å². The number of amides is 1. The number of rotatable bonds is 5. The van der Waals surface area contributed by atoms with Gasteiger partial charge in [0.25, 0.3) is 0 Å². The number of nitrogens with two attached hydrogens (primary N) is 1. The summed E-state index contributed by atoms with van der Waals surface area (Å²) in [6, 6.07) is 17.1. The lowest BCUT2D eigenvalue weighted by Gasteiger charge is -2.44. The van der Waals surface area contributed by atoms with Gasteiger partial charge in [0.15, 0.2) is 0 Å². The molecule has 28 heavy (non-hydrogen) atoms. The average Bonchev–Trinajstić information content (AvgIpc) is 2.72. The van der Waals surface area contributed by atoms with Gasteiger partial charge >= 0.3 is 0 Å². The number of carbonyl (C=O) groups is 2. The molecule has 5 heteroatoms. The molecule has 1 unspecified atom stereocenters. The number of primary amides is 1. The van der Waals surface area contributed by atoms with E-state index in [4.69, 9.17) is 5.73 Å². The second kappa shape index (κ2) is 8.05. The number of ketones is 1. The Morgan fingerprint density at radius 1 is 1.00 bits per heavy atom. The van der Waals surface area contributed by atoms with Gasteiger partial charge in [-0.1, -0.05) is 24.3 Å². The molecule has 0 bridgehead atoms. The third kappa shape index (κ3) is 4.03. The number of hydrogen-bond donors (Lipinski definition) is 1. The first-order chi connectivity index (χ1) is 13.6. The van der Waals surface area contributed by atoms with Crippen molar-refractivity contribution in [2.24, 2.45) is 5.73 Å². The summed E-state index contributed by atoms with van der Waals surface area (Å²) in [6.45, 7) is 2.66. The molecule has 1 aliphatic heterocycles. The van der Waals surface area contributed by atoms with Crippen LogP contribution in [0.3, 0.4) is 0 Å². The number of fused-ring (bicyclic) bond motifs is 1. The molecule has 0 aromatic heterocycles. The monoisotopic (exact) mass is 377 g/mol. The van der Waals surface area contributed by atoms with E-state index in [1.54, 1.807) is 0 Å². The van der Waals surface area contributed by atoms with E-state index in [0.717, 1.165) is 43.7 Å². The molecule has 2 N–H and O–H groups in total. The zero-order valence-electron chi connectivity index (χ0n) is 16.1. The molecule has 0 saturated carbocycles. The van der Waals surface area contributed by atoms with E-state index in [2.05, 4.69) is 52.3 Å². The molecule has 1 amide bonds. The molecule has 2 aliphatic rings. The van der Waals surface area contributed by atoms with Crippen molar-refractivity contribution in [2.45, 2.75) is 38.1 Å². The van der Waals surface area contributed by atoms with E-state index in [1.807, 2.05) is 6.07 Å². The van der Waals surface area contributed by atoms with Crippen LogP contribution in [-0.4, -0.2) is 37.4 Å². The minimum atomic E-state index is -0.257. The summed E-state index contributed by atoms with van der Waals surface area (Å²) in [7, 11) is 0. The van der Waals surface area contributed by atoms with Crippen LogP contribution in [0, 0.1) is 0 Å². The van der Waals surface area contributed by atoms with Gasteiger partial charge in [-0.15, -0.1) is 0 Å². The van der Waals surface area contributed by atoms with Crippen molar-refractivity contribution in [3.63, 3.8) is 0 Å². The van der Waals surface area contributed by atoms with Gasteiger partial charge in [0.1, 0.15) is 5.78 Å².